The quantitative estimate of drug-likeness (QED) is 0.442. The summed E-state index contributed by atoms with van der Waals surface area (Å²) in [6, 6.07) is 21.3. The van der Waals surface area contributed by atoms with Gasteiger partial charge in [0.25, 0.3) is 0 Å². The van der Waals surface area contributed by atoms with Crippen LogP contribution in [-0.2, 0) is 9.31 Å². The van der Waals surface area contributed by atoms with Crippen molar-refractivity contribution in [2.75, 3.05) is 0 Å². The molecule has 4 heteroatoms. The van der Waals surface area contributed by atoms with Gasteiger partial charge in [0.15, 0.2) is 0 Å². The Morgan fingerprint density at radius 1 is 0.758 bits per heavy atom. The number of benzene rings is 2. The number of allylic oxidation sites excluding steroid dienone is 4. The predicted molar refractivity (Wildman–Crippen MR) is 137 cm³/mol. The zero-order valence-electron chi connectivity index (χ0n) is 19.8. The van der Waals surface area contributed by atoms with Crippen molar-refractivity contribution in [1.82, 2.24) is 4.98 Å². The summed E-state index contributed by atoms with van der Waals surface area (Å²) in [7, 11) is -0.381. The lowest BCUT2D eigenvalue weighted by atomic mass is 9.78. The van der Waals surface area contributed by atoms with Gasteiger partial charge in [0.05, 0.1) is 16.9 Å². The number of nitrogens with zero attached hydrogens (tertiary/aromatic N) is 1. The van der Waals surface area contributed by atoms with Gasteiger partial charge in [-0.15, -0.1) is 0 Å². The first-order valence-corrected chi connectivity index (χ1v) is 11.7. The summed E-state index contributed by atoms with van der Waals surface area (Å²) in [5.41, 5.74) is 7.19. The second-order valence-corrected chi connectivity index (χ2v) is 9.86. The standard InChI is InChI=1S/C29H30BNO2/c1-28(2)29(3,4)33-30(32-28)26-12-8-11-25(19-26)27-20-24(17-18-31-27)23-15-13-22(14-16-23)21-9-6-5-7-10-21/h6,8-20H,5,7H2,1-4H3. The van der Waals surface area contributed by atoms with Gasteiger partial charge in [-0.2, -0.15) is 0 Å². The van der Waals surface area contributed by atoms with E-state index in [-0.39, 0.29) is 18.3 Å². The molecule has 1 aliphatic carbocycles. The third-order valence-electron chi connectivity index (χ3n) is 7.01. The monoisotopic (exact) mass is 435 g/mol. The largest absolute Gasteiger partial charge is 0.494 e. The molecule has 0 saturated carbocycles. The van der Waals surface area contributed by atoms with E-state index in [9.17, 15) is 0 Å². The van der Waals surface area contributed by atoms with Crippen LogP contribution in [0.2, 0.25) is 0 Å². The molecule has 1 aliphatic heterocycles. The maximum atomic E-state index is 6.24. The molecule has 2 heterocycles. The van der Waals surface area contributed by atoms with Gasteiger partial charge in [-0.1, -0.05) is 66.8 Å². The van der Waals surface area contributed by atoms with E-state index in [0.717, 1.165) is 35.1 Å². The van der Waals surface area contributed by atoms with Crippen LogP contribution in [0.5, 0.6) is 0 Å². The minimum Gasteiger partial charge on any atom is -0.399 e. The van der Waals surface area contributed by atoms with Crippen LogP contribution >= 0.6 is 0 Å². The molecule has 0 amide bonds. The summed E-state index contributed by atoms with van der Waals surface area (Å²) in [4.78, 5) is 4.65. The molecule has 0 unspecified atom stereocenters. The second kappa shape index (κ2) is 8.44. The van der Waals surface area contributed by atoms with E-state index in [1.165, 1.54) is 16.7 Å². The molecule has 5 rings (SSSR count). The highest BCUT2D eigenvalue weighted by atomic mass is 16.7. The number of aromatic nitrogens is 1. The Morgan fingerprint density at radius 3 is 2.18 bits per heavy atom. The summed E-state index contributed by atoms with van der Waals surface area (Å²) in [5.74, 6) is 0. The number of hydrogen-bond acceptors (Lipinski definition) is 3. The molecule has 2 aromatic carbocycles. The van der Waals surface area contributed by atoms with E-state index in [1.807, 2.05) is 12.3 Å². The normalized spacial score (nSPS) is 18.9. The smallest absolute Gasteiger partial charge is 0.399 e. The SMILES string of the molecule is CC1(C)OB(c2cccc(-c3cc(-c4ccc(C5=CCCC=C5)cc4)ccn3)c2)OC1(C)C. The van der Waals surface area contributed by atoms with Crippen LogP contribution in [0.3, 0.4) is 0 Å². The Hall–Kier alpha value is -2.95. The Kier molecular flexibility index (Phi) is 5.59. The first-order valence-electron chi connectivity index (χ1n) is 11.7. The number of hydrogen-bond donors (Lipinski definition) is 0. The van der Waals surface area contributed by atoms with Gasteiger partial charge in [0.1, 0.15) is 0 Å². The molecule has 0 bridgehead atoms. The molecule has 1 saturated heterocycles. The van der Waals surface area contributed by atoms with E-state index < -0.39 is 0 Å². The fraction of sp³-hybridized carbons (Fsp3) is 0.276. The van der Waals surface area contributed by atoms with Crippen molar-refractivity contribution in [2.24, 2.45) is 0 Å². The molecule has 3 nitrogen and oxygen atoms in total. The lowest BCUT2D eigenvalue weighted by molar-refractivity contribution is 0.00578. The Balaban J connectivity index is 1.40. The van der Waals surface area contributed by atoms with E-state index in [1.54, 1.807) is 0 Å². The Labute approximate surface area is 197 Å². The lowest BCUT2D eigenvalue weighted by Gasteiger charge is -2.32. The van der Waals surface area contributed by atoms with E-state index in [2.05, 4.69) is 106 Å². The molecule has 3 aromatic rings. The lowest BCUT2D eigenvalue weighted by Crippen LogP contribution is -2.41. The van der Waals surface area contributed by atoms with Crippen molar-refractivity contribution in [3.05, 3.63) is 90.7 Å². The molecular formula is C29H30BNO2. The van der Waals surface area contributed by atoms with Crippen LogP contribution in [0.25, 0.3) is 28.0 Å². The van der Waals surface area contributed by atoms with Crippen molar-refractivity contribution >= 4 is 18.2 Å². The van der Waals surface area contributed by atoms with E-state index in [0.29, 0.717) is 0 Å². The molecule has 0 spiro atoms. The summed E-state index contributed by atoms with van der Waals surface area (Å²) in [5, 5.41) is 0. The third-order valence-corrected chi connectivity index (χ3v) is 7.01. The molecule has 0 radical (unpaired) electrons. The van der Waals surface area contributed by atoms with Gasteiger partial charge in [0.2, 0.25) is 0 Å². The molecule has 2 aliphatic rings. The predicted octanol–water partition coefficient (Wildman–Crippen LogP) is 6.45. The first-order chi connectivity index (χ1) is 15.8. The van der Waals surface area contributed by atoms with E-state index >= 15 is 0 Å². The second-order valence-electron chi connectivity index (χ2n) is 9.86. The maximum absolute atomic E-state index is 6.24. The highest BCUT2D eigenvalue weighted by Crippen LogP contribution is 2.36. The molecule has 0 N–H and O–H groups in total. The number of rotatable bonds is 4. The van der Waals surface area contributed by atoms with Crippen molar-refractivity contribution in [2.45, 2.75) is 51.7 Å². The number of pyridine rings is 1. The van der Waals surface area contributed by atoms with Crippen molar-refractivity contribution in [1.29, 1.82) is 0 Å². The van der Waals surface area contributed by atoms with E-state index in [4.69, 9.17) is 9.31 Å². The van der Waals surface area contributed by atoms with Crippen LogP contribution in [0.1, 0.15) is 46.1 Å². The van der Waals surface area contributed by atoms with Crippen LogP contribution in [0, 0.1) is 0 Å². The molecule has 166 valence electrons. The van der Waals surface area contributed by atoms with Crippen LogP contribution in [-0.4, -0.2) is 23.3 Å². The Bertz CT molecular complexity index is 1210. The van der Waals surface area contributed by atoms with Gasteiger partial charge < -0.3 is 9.31 Å². The topological polar surface area (TPSA) is 31.4 Å². The van der Waals surface area contributed by atoms with Gasteiger partial charge in [-0.25, -0.2) is 0 Å². The highest BCUT2D eigenvalue weighted by molar-refractivity contribution is 6.62. The first kappa shape index (κ1) is 21.9. The Morgan fingerprint density at radius 2 is 1.48 bits per heavy atom. The molecular weight excluding hydrogens is 405 g/mol. The molecule has 1 fully saturated rings. The summed E-state index contributed by atoms with van der Waals surface area (Å²) in [6.45, 7) is 8.31. The highest BCUT2D eigenvalue weighted by Gasteiger charge is 2.51. The molecule has 33 heavy (non-hydrogen) atoms. The van der Waals surface area contributed by atoms with Gasteiger partial charge >= 0.3 is 7.12 Å². The average molecular weight is 435 g/mol. The fourth-order valence-electron chi connectivity index (χ4n) is 4.27. The average Bonchev–Trinajstić information content (AvgIpc) is 3.07. The van der Waals surface area contributed by atoms with Crippen molar-refractivity contribution in [3.63, 3.8) is 0 Å². The fourth-order valence-corrected chi connectivity index (χ4v) is 4.27. The van der Waals surface area contributed by atoms with Gasteiger partial charge in [0, 0.05) is 6.20 Å². The maximum Gasteiger partial charge on any atom is 0.494 e. The van der Waals surface area contributed by atoms with Gasteiger partial charge in [-0.3, -0.25) is 4.98 Å². The minimum atomic E-state index is -0.381. The van der Waals surface area contributed by atoms with Crippen LogP contribution < -0.4 is 5.46 Å². The third kappa shape index (κ3) is 4.33. The van der Waals surface area contributed by atoms with Crippen molar-refractivity contribution < 1.29 is 9.31 Å². The summed E-state index contributed by atoms with van der Waals surface area (Å²) >= 11 is 0. The zero-order valence-corrected chi connectivity index (χ0v) is 19.8. The van der Waals surface area contributed by atoms with Crippen LogP contribution in [0.15, 0.2) is 85.1 Å². The minimum absolute atomic E-state index is 0.360. The summed E-state index contributed by atoms with van der Waals surface area (Å²) in [6.07, 6.45) is 10.9. The van der Waals surface area contributed by atoms with Crippen molar-refractivity contribution in [3.8, 4) is 22.4 Å². The molecule has 0 atom stereocenters. The van der Waals surface area contributed by atoms with Gasteiger partial charge in [-0.05, 0) is 86.0 Å². The zero-order chi connectivity index (χ0) is 23.1. The van der Waals surface area contributed by atoms with Crippen LogP contribution in [0.4, 0.5) is 0 Å². The molecule has 1 aromatic heterocycles. The summed E-state index contributed by atoms with van der Waals surface area (Å²) < 4.78 is 12.5.